The monoisotopic (exact) mass is 259 g/mol. The Morgan fingerprint density at radius 3 is 2.64 bits per heavy atom. The Morgan fingerprint density at radius 2 is 2.14 bits per heavy atom. The Hall–Kier alpha value is -0.320. The molecule has 0 unspecified atom stereocenters. The van der Waals surface area contributed by atoms with Crippen molar-refractivity contribution in [2.75, 3.05) is 6.61 Å². The minimum atomic E-state index is 0.0147. The normalized spacial score (nSPS) is 20.1. The SMILES string of the molecule is NOCC1(c2ccc(Br)o2)CCCC1. The van der Waals surface area contributed by atoms with Gasteiger partial charge in [0, 0.05) is 0 Å². The van der Waals surface area contributed by atoms with E-state index in [4.69, 9.17) is 15.2 Å². The first-order valence-electron chi connectivity index (χ1n) is 4.84. The largest absolute Gasteiger partial charge is 0.454 e. The van der Waals surface area contributed by atoms with Gasteiger partial charge >= 0.3 is 0 Å². The molecule has 1 aromatic heterocycles. The van der Waals surface area contributed by atoms with E-state index in [2.05, 4.69) is 15.9 Å². The van der Waals surface area contributed by atoms with E-state index < -0.39 is 0 Å². The van der Waals surface area contributed by atoms with E-state index in [1.165, 1.54) is 12.8 Å². The van der Waals surface area contributed by atoms with Gasteiger partial charge in [-0.15, -0.1) is 0 Å². The zero-order chi connectivity index (χ0) is 10.0. The van der Waals surface area contributed by atoms with Gasteiger partial charge in [0.15, 0.2) is 4.67 Å². The van der Waals surface area contributed by atoms with Crippen molar-refractivity contribution in [2.24, 2.45) is 5.90 Å². The van der Waals surface area contributed by atoms with Crippen LogP contribution in [0.5, 0.6) is 0 Å². The van der Waals surface area contributed by atoms with E-state index in [0.29, 0.717) is 6.61 Å². The smallest absolute Gasteiger partial charge is 0.169 e. The average Bonchev–Trinajstić information content (AvgIpc) is 2.75. The van der Waals surface area contributed by atoms with Crippen LogP contribution in [0.2, 0.25) is 0 Å². The summed E-state index contributed by atoms with van der Waals surface area (Å²) in [6.07, 6.45) is 4.65. The lowest BCUT2D eigenvalue weighted by Gasteiger charge is -2.24. The van der Waals surface area contributed by atoms with Gasteiger partial charge in [-0.05, 0) is 40.9 Å². The molecular weight excluding hydrogens is 246 g/mol. The lowest BCUT2D eigenvalue weighted by atomic mass is 9.84. The highest BCUT2D eigenvalue weighted by molar-refractivity contribution is 9.10. The van der Waals surface area contributed by atoms with Crippen molar-refractivity contribution in [3.8, 4) is 0 Å². The van der Waals surface area contributed by atoms with Crippen LogP contribution in [0.1, 0.15) is 31.4 Å². The number of furan rings is 1. The third-order valence-corrected chi connectivity index (χ3v) is 3.44. The molecule has 1 heterocycles. The average molecular weight is 260 g/mol. The summed E-state index contributed by atoms with van der Waals surface area (Å²) in [6.45, 7) is 0.549. The van der Waals surface area contributed by atoms with Gasteiger partial charge in [-0.25, -0.2) is 5.90 Å². The first-order valence-corrected chi connectivity index (χ1v) is 5.64. The van der Waals surface area contributed by atoms with Crippen LogP contribution in [0.3, 0.4) is 0 Å². The van der Waals surface area contributed by atoms with E-state index in [1.54, 1.807) is 0 Å². The minimum absolute atomic E-state index is 0.0147. The molecule has 0 amide bonds. The van der Waals surface area contributed by atoms with Crippen LogP contribution < -0.4 is 5.90 Å². The van der Waals surface area contributed by atoms with Crippen LogP contribution in [0.4, 0.5) is 0 Å². The number of hydrogen-bond acceptors (Lipinski definition) is 3. The molecule has 0 aliphatic heterocycles. The molecule has 0 saturated heterocycles. The molecule has 14 heavy (non-hydrogen) atoms. The highest BCUT2D eigenvalue weighted by Crippen LogP contribution is 2.42. The number of halogens is 1. The first kappa shape index (κ1) is 10.2. The predicted octanol–water partition coefficient (Wildman–Crippen LogP) is 2.74. The van der Waals surface area contributed by atoms with E-state index in [1.807, 2.05) is 12.1 Å². The summed E-state index contributed by atoms with van der Waals surface area (Å²) in [5.41, 5.74) is 0.0147. The van der Waals surface area contributed by atoms with Gasteiger partial charge < -0.3 is 9.25 Å². The Balaban J connectivity index is 2.26. The fourth-order valence-electron chi connectivity index (χ4n) is 2.27. The van der Waals surface area contributed by atoms with Crippen molar-refractivity contribution in [3.63, 3.8) is 0 Å². The summed E-state index contributed by atoms with van der Waals surface area (Å²) >= 11 is 3.32. The van der Waals surface area contributed by atoms with Gasteiger partial charge in [0.2, 0.25) is 0 Å². The maximum Gasteiger partial charge on any atom is 0.169 e. The zero-order valence-corrected chi connectivity index (χ0v) is 9.55. The highest BCUT2D eigenvalue weighted by atomic mass is 79.9. The molecule has 4 heteroatoms. The van der Waals surface area contributed by atoms with Crippen molar-refractivity contribution in [1.29, 1.82) is 0 Å². The third-order valence-electron chi connectivity index (χ3n) is 3.02. The van der Waals surface area contributed by atoms with Crippen LogP contribution in [-0.2, 0) is 10.3 Å². The third kappa shape index (κ3) is 1.74. The fourth-order valence-corrected chi connectivity index (χ4v) is 2.58. The molecule has 0 aromatic carbocycles. The predicted molar refractivity (Wildman–Crippen MR) is 56.7 cm³/mol. The summed E-state index contributed by atoms with van der Waals surface area (Å²) in [6, 6.07) is 3.93. The van der Waals surface area contributed by atoms with Crippen molar-refractivity contribution < 1.29 is 9.25 Å². The maximum atomic E-state index is 5.60. The van der Waals surface area contributed by atoms with Gasteiger partial charge in [0.25, 0.3) is 0 Å². The number of hydrogen-bond donors (Lipinski definition) is 1. The van der Waals surface area contributed by atoms with Crippen LogP contribution >= 0.6 is 15.9 Å². The fraction of sp³-hybridized carbons (Fsp3) is 0.600. The second-order valence-corrected chi connectivity index (χ2v) is 4.68. The number of rotatable bonds is 3. The molecule has 0 atom stereocenters. The van der Waals surface area contributed by atoms with Gasteiger partial charge in [-0.3, -0.25) is 0 Å². The zero-order valence-electron chi connectivity index (χ0n) is 7.96. The standard InChI is InChI=1S/C10H14BrNO2/c11-9-4-3-8(14-9)10(7-13-12)5-1-2-6-10/h3-4H,1-2,5-7,12H2. The van der Waals surface area contributed by atoms with E-state index in [0.717, 1.165) is 23.3 Å². The topological polar surface area (TPSA) is 48.4 Å². The second kappa shape index (κ2) is 4.04. The van der Waals surface area contributed by atoms with Crippen LogP contribution in [0.15, 0.2) is 21.2 Å². The summed E-state index contributed by atoms with van der Waals surface area (Å²) in [5, 5.41) is 0. The molecule has 1 aliphatic rings. The molecule has 0 radical (unpaired) electrons. The quantitative estimate of drug-likeness (QED) is 0.850. The lowest BCUT2D eigenvalue weighted by Crippen LogP contribution is -2.29. The molecule has 1 aliphatic carbocycles. The summed E-state index contributed by atoms with van der Waals surface area (Å²) < 4.78 is 6.38. The van der Waals surface area contributed by atoms with Gasteiger partial charge in [-0.2, -0.15) is 0 Å². The van der Waals surface area contributed by atoms with Crippen molar-refractivity contribution >= 4 is 15.9 Å². The van der Waals surface area contributed by atoms with Crippen molar-refractivity contribution in [2.45, 2.75) is 31.1 Å². The summed E-state index contributed by atoms with van der Waals surface area (Å²) in [4.78, 5) is 4.82. The Labute approximate surface area is 91.7 Å². The van der Waals surface area contributed by atoms with Crippen LogP contribution in [-0.4, -0.2) is 6.61 Å². The molecule has 2 rings (SSSR count). The minimum Gasteiger partial charge on any atom is -0.454 e. The lowest BCUT2D eigenvalue weighted by molar-refractivity contribution is 0.0749. The maximum absolute atomic E-state index is 5.60. The molecule has 1 aromatic rings. The molecule has 0 bridgehead atoms. The Morgan fingerprint density at radius 1 is 1.43 bits per heavy atom. The molecule has 0 spiro atoms. The molecule has 1 fully saturated rings. The van der Waals surface area contributed by atoms with Gasteiger partial charge in [0.05, 0.1) is 12.0 Å². The van der Waals surface area contributed by atoms with E-state index in [-0.39, 0.29) is 5.41 Å². The second-order valence-electron chi connectivity index (χ2n) is 3.90. The van der Waals surface area contributed by atoms with E-state index >= 15 is 0 Å². The first-order chi connectivity index (χ1) is 6.77. The molecule has 1 saturated carbocycles. The van der Waals surface area contributed by atoms with Crippen LogP contribution in [0.25, 0.3) is 0 Å². The highest BCUT2D eigenvalue weighted by Gasteiger charge is 2.38. The van der Waals surface area contributed by atoms with E-state index in [9.17, 15) is 0 Å². The van der Waals surface area contributed by atoms with Crippen LogP contribution in [0, 0.1) is 0 Å². The Bertz CT molecular complexity index is 305. The molecular formula is C10H14BrNO2. The molecule has 2 N–H and O–H groups in total. The van der Waals surface area contributed by atoms with Crippen molar-refractivity contribution in [1.82, 2.24) is 0 Å². The van der Waals surface area contributed by atoms with Gasteiger partial charge in [-0.1, -0.05) is 12.8 Å². The number of nitrogens with two attached hydrogens (primary N) is 1. The molecule has 78 valence electrons. The van der Waals surface area contributed by atoms with Crippen molar-refractivity contribution in [3.05, 3.63) is 22.6 Å². The molecule has 3 nitrogen and oxygen atoms in total. The summed E-state index contributed by atoms with van der Waals surface area (Å²) in [7, 11) is 0. The Kier molecular flexibility index (Phi) is 2.95. The van der Waals surface area contributed by atoms with Gasteiger partial charge in [0.1, 0.15) is 5.76 Å². The summed E-state index contributed by atoms with van der Waals surface area (Å²) in [5.74, 6) is 6.18.